The maximum absolute atomic E-state index is 8.85. The van der Waals surface area contributed by atoms with Crippen LogP contribution in [0.15, 0.2) is 48.0 Å². The van der Waals surface area contributed by atoms with E-state index < -0.39 is 0 Å². The molecule has 0 N–H and O–H groups in total. The maximum atomic E-state index is 8.85. The quantitative estimate of drug-likeness (QED) is 0.665. The minimum atomic E-state index is 0.527. The van der Waals surface area contributed by atoms with Gasteiger partial charge < -0.3 is 0 Å². The molecule has 0 heterocycles. The lowest BCUT2D eigenvalue weighted by Gasteiger charge is -2.05. The molecule has 78 valence electrons. The molecule has 0 fully saturated rings. The van der Waals surface area contributed by atoms with E-state index in [1.807, 2.05) is 42.5 Å². The predicted octanol–water partition coefficient (Wildman–Crippen LogP) is 4.33. The van der Waals surface area contributed by atoms with E-state index in [1.54, 1.807) is 6.92 Å². The van der Waals surface area contributed by atoms with E-state index in [0.717, 1.165) is 16.3 Å². The summed E-state index contributed by atoms with van der Waals surface area (Å²) in [6.07, 6.45) is 0. The zero-order valence-corrected chi connectivity index (χ0v) is 9.62. The summed E-state index contributed by atoms with van der Waals surface area (Å²) in [5.74, 6) is 0. The number of nitrogens with zero attached hydrogens (tertiary/aromatic N) is 1. The van der Waals surface area contributed by atoms with Gasteiger partial charge in [-0.1, -0.05) is 54.1 Å². The second-order valence-electron chi connectivity index (χ2n) is 3.58. The van der Waals surface area contributed by atoms with Crippen molar-refractivity contribution in [1.82, 2.24) is 0 Å². The summed E-state index contributed by atoms with van der Waals surface area (Å²) < 4.78 is 0. The van der Waals surface area contributed by atoms with Gasteiger partial charge in [-0.15, -0.1) is 0 Å². The number of hydrogen-bond donors (Lipinski definition) is 0. The molecular formula is C14H10ClN. The van der Waals surface area contributed by atoms with Crippen LogP contribution in [-0.4, -0.2) is 0 Å². The molecule has 0 aliphatic carbocycles. The third-order valence-corrected chi connectivity index (χ3v) is 3.01. The van der Waals surface area contributed by atoms with E-state index in [9.17, 15) is 0 Å². The summed E-state index contributed by atoms with van der Waals surface area (Å²) in [7, 11) is 0. The molecule has 0 aliphatic rings. The van der Waals surface area contributed by atoms with E-state index in [1.165, 1.54) is 0 Å². The second kappa shape index (κ2) is 4.38. The first kappa shape index (κ1) is 10.7. The standard InChI is InChI=1S/C14H10ClN/c1-10(9-16)14(15)13-8-4-6-11-5-2-3-7-12(11)13/h2-8H,1H3. The Bertz CT molecular complexity index is 600. The molecule has 0 saturated carbocycles. The summed E-state index contributed by atoms with van der Waals surface area (Å²) in [4.78, 5) is 0. The van der Waals surface area contributed by atoms with Crippen LogP contribution in [0, 0.1) is 11.3 Å². The lowest BCUT2D eigenvalue weighted by atomic mass is 10.0. The fourth-order valence-corrected chi connectivity index (χ4v) is 1.87. The number of rotatable bonds is 1. The molecule has 0 aliphatic heterocycles. The Labute approximate surface area is 99.6 Å². The molecule has 0 amide bonds. The molecule has 2 aromatic carbocycles. The van der Waals surface area contributed by atoms with Crippen molar-refractivity contribution in [1.29, 1.82) is 5.26 Å². The molecule has 1 nitrogen and oxygen atoms in total. The molecule has 2 heteroatoms. The highest BCUT2D eigenvalue weighted by Crippen LogP contribution is 2.29. The van der Waals surface area contributed by atoms with Crippen molar-refractivity contribution in [2.75, 3.05) is 0 Å². The van der Waals surface area contributed by atoms with Crippen LogP contribution in [0.25, 0.3) is 15.8 Å². The fraction of sp³-hybridized carbons (Fsp3) is 0.0714. The fourth-order valence-electron chi connectivity index (χ4n) is 1.67. The van der Waals surface area contributed by atoms with Crippen molar-refractivity contribution in [2.45, 2.75) is 6.92 Å². The van der Waals surface area contributed by atoms with E-state index in [4.69, 9.17) is 16.9 Å². The van der Waals surface area contributed by atoms with Gasteiger partial charge in [0.05, 0.1) is 11.1 Å². The summed E-state index contributed by atoms with van der Waals surface area (Å²) in [5, 5.41) is 11.6. The smallest absolute Gasteiger partial charge is 0.0959 e. The Morgan fingerprint density at radius 1 is 1.12 bits per heavy atom. The monoisotopic (exact) mass is 227 g/mol. The normalized spacial score (nSPS) is 12.1. The van der Waals surface area contributed by atoms with Crippen molar-refractivity contribution >= 4 is 27.4 Å². The van der Waals surface area contributed by atoms with Crippen molar-refractivity contribution in [2.24, 2.45) is 0 Å². The highest BCUT2D eigenvalue weighted by molar-refractivity contribution is 6.50. The molecule has 0 unspecified atom stereocenters. The van der Waals surface area contributed by atoms with Crippen LogP contribution in [0.1, 0.15) is 12.5 Å². The van der Waals surface area contributed by atoms with Crippen LogP contribution in [0.5, 0.6) is 0 Å². The lowest BCUT2D eigenvalue weighted by molar-refractivity contribution is 1.45. The van der Waals surface area contributed by atoms with Gasteiger partial charge in [-0.25, -0.2) is 0 Å². The summed E-state index contributed by atoms with van der Waals surface area (Å²) >= 11 is 6.19. The van der Waals surface area contributed by atoms with Gasteiger partial charge in [-0.05, 0) is 17.7 Å². The zero-order valence-electron chi connectivity index (χ0n) is 8.87. The molecule has 16 heavy (non-hydrogen) atoms. The van der Waals surface area contributed by atoms with E-state index in [0.29, 0.717) is 10.6 Å². The van der Waals surface area contributed by atoms with Crippen molar-refractivity contribution < 1.29 is 0 Å². The van der Waals surface area contributed by atoms with E-state index >= 15 is 0 Å². The van der Waals surface area contributed by atoms with Gasteiger partial charge in [0.25, 0.3) is 0 Å². The van der Waals surface area contributed by atoms with Gasteiger partial charge in [-0.2, -0.15) is 5.26 Å². The number of halogens is 1. The van der Waals surface area contributed by atoms with Gasteiger partial charge in [0.1, 0.15) is 0 Å². The van der Waals surface area contributed by atoms with Gasteiger partial charge in [0.2, 0.25) is 0 Å². The van der Waals surface area contributed by atoms with Crippen molar-refractivity contribution in [3.63, 3.8) is 0 Å². The first-order valence-electron chi connectivity index (χ1n) is 4.98. The first-order chi connectivity index (χ1) is 7.74. The van der Waals surface area contributed by atoms with E-state index in [2.05, 4.69) is 6.07 Å². The second-order valence-corrected chi connectivity index (χ2v) is 3.96. The van der Waals surface area contributed by atoms with Gasteiger partial charge >= 0.3 is 0 Å². The largest absolute Gasteiger partial charge is 0.193 e. The zero-order chi connectivity index (χ0) is 11.5. The topological polar surface area (TPSA) is 23.8 Å². The molecule has 0 spiro atoms. The average molecular weight is 228 g/mol. The molecule has 0 saturated heterocycles. The molecule has 0 aromatic heterocycles. The van der Waals surface area contributed by atoms with Crippen LogP contribution >= 0.6 is 11.6 Å². The minimum absolute atomic E-state index is 0.527. The Hall–Kier alpha value is -1.78. The van der Waals surface area contributed by atoms with Crippen LogP contribution in [0.3, 0.4) is 0 Å². The number of benzene rings is 2. The third kappa shape index (κ3) is 1.80. The molecule has 2 aromatic rings. The summed E-state index contributed by atoms with van der Waals surface area (Å²) in [6.45, 7) is 1.73. The Kier molecular flexibility index (Phi) is 2.94. The van der Waals surface area contributed by atoms with Crippen LogP contribution in [0.2, 0.25) is 0 Å². The Morgan fingerprint density at radius 2 is 1.81 bits per heavy atom. The number of fused-ring (bicyclic) bond motifs is 1. The van der Waals surface area contributed by atoms with E-state index in [-0.39, 0.29) is 0 Å². The van der Waals surface area contributed by atoms with Crippen LogP contribution in [0.4, 0.5) is 0 Å². The SMILES string of the molecule is CC(C#N)=C(Cl)c1cccc2ccccc12. The lowest BCUT2D eigenvalue weighted by Crippen LogP contribution is -1.84. The van der Waals surface area contributed by atoms with Gasteiger partial charge in [0, 0.05) is 11.1 Å². The molecule has 0 radical (unpaired) electrons. The van der Waals surface area contributed by atoms with Gasteiger partial charge in [0.15, 0.2) is 0 Å². The number of nitriles is 1. The van der Waals surface area contributed by atoms with Crippen LogP contribution < -0.4 is 0 Å². The summed E-state index contributed by atoms with van der Waals surface area (Å²) in [6, 6.07) is 16.0. The summed E-state index contributed by atoms with van der Waals surface area (Å²) in [5.41, 5.74) is 1.46. The minimum Gasteiger partial charge on any atom is -0.193 e. The first-order valence-corrected chi connectivity index (χ1v) is 5.36. The van der Waals surface area contributed by atoms with Gasteiger partial charge in [-0.3, -0.25) is 0 Å². The molecular weight excluding hydrogens is 218 g/mol. The molecule has 0 atom stereocenters. The third-order valence-electron chi connectivity index (χ3n) is 2.52. The van der Waals surface area contributed by atoms with Crippen molar-refractivity contribution in [3.8, 4) is 6.07 Å². The highest BCUT2D eigenvalue weighted by atomic mass is 35.5. The van der Waals surface area contributed by atoms with Crippen LogP contribution in [-0.2, 0) is 0 Å². The average Bonchev–Trinajstić information content (AvgIpc) is 2.36. The number of allylic oxidation sites excluding steroid dienone is 1. The Balaban J connectivity index is 2.76. The molecule has 0 bridgehead atoms. The highest BCUT2D eigenvalue weighted by Gasteiger charge is 2.06. The molecule has 2 rings (SSSR count). The maximum Gasteiger partial charge on any atom is 0.0959 e. The van der Waals surface area contributed by atoms with Crippen molar-refractivity contribution in [3.05, 3.63) is 53.6 Å². The predicted molar refractivity (Wildman–Crippen MR) is 68.0 cm³/mol. The number of hydrogen-bond acceptors (Lipinski definition) is 1. The Morgan fingerprint density at radius 3 is 2.56 bits per heavy atom.